The van der Waals surface area contributed by atoms with E-state index in [1.165, 1.54) is 18.6 Å². The van der Waals surface area contributed by atoms with Crippen LogP contribution in [0.4, 0.5) is 4.39 Å². The monoisotopic (exact) mass is 278 g/mol. The summed E-state index contributed by atoms with van der Waals surface area (Å²) in [6.07, 6.45) is 2.30. The number of rotatable bonds is 1. The van der Waals surface area contributed by atoms with Crippen LogP contribution in [0.15, 0.2) is 18.2 Å². The molecule has 2 fully saturated rings. The van der Waals surface area contributed by atoms with Crippen molar-refractivity contribution in [1.82, 2.24) is 9.80 Å². The average molecular weight is 278 g/mol. The summed E-state index contributed by atoms with van der Waals surface area (Å²) in [7, 11) is 0. The Kier molecular flexibility index (Phi) is 3.38. The first-order valence-corrected chi connectivity index (χ1v) is 7.10. The fourth-order valence-corrected chi connectivity index (χ4v) is 3.31. The molecular formula is C15H19FN2O2. The van der Waals surface area contributed by atoms with E-state index in [-0.39, 0.29) is 23.3 Å². The Hall–Kier alpha value is -1.62. The molecule has 2 atom stereocenters. The number of fused-ring (bicyclic) bond motifs is 1. The van der Waals surface area contributed by atoms with Crippen molar-refractivity contribution in [2.24, 2.45) is 0 Å². The highest BCUT2D eigenvalue weighted by molar-refractivity contribution is 5.97. The number of amides is 1. The summed E-state index contributed by atoms with van der Waals surface area (Å²) in [5.41, 5.74) is 0.185. The number of carbonyl (C=O) groups is 1. The van der Waals surface area contributed by atoms with Crippen molar-refractivity contribution < 1.29 is 14.3 Å². The van der Waals surface area contributed by atoms with Crippen LogP contribution >= 0.6 is 0 Å². The number of hydrogen-bond acceptors (Lipinski definition) is 3. The van der Waals surface area contributed by atoms with E-state index in [1.807, 2.05) is 6.92 Å². The van der Waals surface area contributed by atoms with Gasteiger partial charge in [-0.15, -0.1) is 0 Å². The van der Waals surface area contributed by atoms with Gasteiger partial charge in [0.1, 0.15) is 11.6 Å². The quantitative estimate of drug-likeness (QED) is 0.852. The molecule has 1 N–H and O–H groups in total. The molecule has 0 aromatic heterocycles. The number of hydrogen-bond donors (Lipinski definition) is 1. The standard InChI is InChI=1S/C15H19FN2O2/c1-10-8-17-6-2-3-12(17)9-18(10)15(20)13-5-4-11(16)7-14(13)19/h4-5,7,10,12,19H,2-3,6,8-9H2,1H3. The fourth-order valence-electron chi connectivity index (χ4n) is 3.31. The minimum Gasteiger partial charge on any atom is -0.507 e. The lowest BCUT2D eigenvalue weighted by Crippen LogP contribution is -2.56. The van der Waals surface area contributed by atoms with E-state index in [9.17, 15) is 14.3 Å². The third-order valence-electron chi connectivity index (χ3n) is 4.39. The Labute approximate surface area is 117 Å². The largest absolute Gasteiger partial charge is 0.507 e. The lowest BCUT2D eigenvalue weighted by Gasteiger charge is -2.42. The molecule has 2 aliphatic heterocycles. The molecule has 0 spiro atoms. The van der Waals surface area contributed by atoms with Crippen LogP contribution in [0.5, 0.6) is 5.75 Å². The summed E-state index contributed by atoms with van der Waals surface area (Å²) in [4.78, 5) is 16.8. The van der Waals surface area contributed by atoms with E-state index in [2.05, 4.69) is 4.90 Å². The smallest absolute Gasteiger partial charge is 0.257 e. The van der Waals surface area contributed by atoms with E-state index in [4.69, 9.17) is 0 Å². The molecule has 0 bridgehead atoms. The van der Waals surface area contributed by atoms with Crippen LogP contribution in [0, 0.1) is 5.82 Å². The average Bonchev–Trinajstić information content (AvgIpc) is 2.84. The lowest BCUT2D eigenvalue weighted by atomic mass is 10.1. The van der Waals surface area contributed by atoms with Crippen LogP contribution in [0.25, 0.3) is 0 Å². The summed E-state index contributed by atoms with van der Waals surface area (Å²) in [5.74, 6) is -1.02. The third-order valence-corrected chi connectivity index (χ3v) is 4.39. The summed E-state index contributed by atoms with van der Waals surface area (Å²) < 4.78 is 13.0. The molecule has 1 aromatic carbocycles. The summed E-state index contributed by atoms with van der Waals surface area (Å²) in [6, 6.07) is 4.10. The first-order chi connectivity index (χ1) is 9.56. The normalized spacial score (nSPS) is 26.6. The molecular weight excluding hydrogens is 259 g/mol. The van der Waals surface area contributed by atoms with Crippen LogP contribution < -0.4 is 0 Å². The van der Waals surface area contributed by atoms with Gasteiger partial charge in [0.15, 0.2) is 0 Å². The number of aromatic hydroxyl groups is 1. The predicted octanol–water partition coefficient (Wildman–Crippen LogP) is 1.84. The zero-order chi connectivity index (χ0) is 14.3. The van der Waals surface area contributed by atoms with Crippen molar-refractivity contribution in [2.75, 3.05) is 19.6 Å². The molecule has 0 saturated carbocycles. The van der Waals surface area contributed by atoms with Crippen molar-refractivity contribution in [3.8, 4) is 5.75 Å². The number of piperazine rings is 1. The van der Waals surface area contributed by atoms with Gasteiger partial charge in [-0.05, 0) is 38.4 Å². The van der Waals surface area contributed by atoms with Gasteiger partial charge in [-0.25, -0.2) is 4.39 Å². The second kappa shape index (κ2) is 5.05. The number of carbonyl (C=O) groups excluding carboxylic acids is 1. The Balaban J connectivity index is 1.82. The molecule has 2 aliphatic rings. The highest BCUT2D eigenvalue weighted by atomic mass is 19.1. The van der Waals surface area contributed by atoms with Gasteiger partial charge in [0.05, 0.1) is 5.56 Å². The van der Waals surface area contributed by atoms with Crippen molar-refractivity contribution >= 4 is 5.91 Å². The van der Waals surface area contributed by atoms with Crippen LogP contribution in [0.2, 0.25) is 0 Å². The van der Waals surface area contributed by atoms with Gasteiger partial charge in [-0.3, -0.25) is 9.69 Å². The highest BCUT2D eigenvalue weighted by Gasteiger charge is 2.37. The van der Waals surface area contributed by atoms with Crippen molar-refractivity contribution in [2.45, 2.75) is 31.8 Å². The van der Waals surface area contributed by atoms with Crippen molar-refractivity contribution in [3.63, 3.8) is 0 Å². The summed E-state index contributed by atoms with van der Waals surface area (Å²) >= 11 is 0. The zero-order valence-electron chi connectivity index (χ0n) is 11.6. The maximum Gasteiger partial charge on any atom is 0.257 e. The predicted molar refractivity (Wildman–Crippen MR) is 73.2 cm³/mol. The van der Waals surface area contributed by atoms with E-state index < -0.39 is 5.82 Å². The Morgan fingerprint density at radius 1 is 1.40 bits per heavy atom. The molecule has 2 unspecified atom stereocenters. The Bertz CT molecular complexity index is 535. The van der Waals surface area contributed by atoms with Gasteiger partial charge in [0.25, 0.3) is 5.91 Å². The van der Waals surface area contributed by atoms with Crippen LogP contribution in [-0.4, -0.2) is 52.5 Å². The first kappa shape index (κ1) is 13.4. The van der Waals surface area contributed by atoms with E-state index >= 15 is 0 Å². The van der Waals surface area contributed by atoms with Gasteiger partial charge in [-0.1, -0.05) is 0 Å². The Morgan fingerprint density at radius 2 is 2.20 bits per heavy atom. The van der Waals surface area contributed by atoms with Crippen molar-refractivity contribution in [1.29, 1.82) is 0 Å². The van der Waals surface area contributed by atoms with E-state index in [0.717, 1.165) is 25.6 Å². The van der Waals surface area contributed by atoms with Gasteiger partial charge in [0.2, 0.25) is 0 Å². The minimum atomic E-state index is -0.535. The molecule has 4 nitrogen and oxygen atoms in total. The second-order valence-corrected chi connectivity index (χ2v) is 5.76. The van der Waals surface area contributed by atoms with Gasteiger partial charge < -0.3 is 10.0 Å². The van der Waals surface area contributed by atoms with Crippen LogP contribution in [0.1, 0.15) is 30.1 Å². The summed E-state index contributed by atoms with van der Waals surface area (Å²) in [5, 5.41) is 9.77. The van der Waals surface area contributed by atoms with Gasteiger partial charge >= 0.3 is 0 Å². The third kappa shape index (κ3) is 2.26. The lowest BCUT2D eigenvalue weighted by molar-refractivity contribution is 0.0393. The highest BCUT2D eigenvalue weighted by Crippen LogP contribution is 2.27. The van der Waals surface area contributed by atoms with Gasteiger partial charge in [-0.2, -0.15) is 0 Å². The van der Waals surface area contributed by atoms with Crippen molar-refractivity contribution in [3.05, 3.63) is 29.6 Å². The minimum absolute atomic E-state index is 0.112. The number of phenolic OH excluding ortho intramolecular Hbond substituents is 1. The molecule has 1 aromatic rings. The fraction of sp³-hybridized carbons (Fsp3) is 0.533. The topological polar surface area (TPSA) is 43.8 Å². The number of nitrogens with zero attached hydrogens (tertiary/aromatic N) is 2. The van der Waals surface area contributed by atoms with E-state index in [0.29, 0.717) is 12.6 Å². The van der Waals surface area contributed by atoms with E-state index in [1.54, 1.807) is 4.90 Å². The van der Waals surface area contributed by atoms with Crippen LogP contribution in [-0.2, 0) is 0 Å². The molecule has 1 amide bonds. The molecule has 0 aliphatic carbocycles. The first-order valence-electron chi connectivity index (χ1n) is 7.10. The molecule has 108 valence electrons. The SMILES string of the molecule is CC1CN2CCCC2CN1C(=O)c1ccc(F)cc1O. The number of halogens is 1. The maximum absolute atomic E-state index is 13.0. The molecule has 3 rings (SSSR count). The molecule has 0 radical (unpaired) electrons. The second-order valence-electron chi connectivity index (χ2n) is 5.76. The number of benzene rings is 1. The molecule has 5 heteroatoms. The zero-order valence-corrected chi connectivity index (χ0v) is 11.6. The van der Waals surface area contributed by atoms with Gasteiger partial charge in [0, 0.05) is 31.2 Å². The molecule has 2 saturated heterocycles. The Morgan fingerprint density at radius 3 is 2.95 bits per heavy atom. The summed E-state index contributed by atoms with van der Waals surface area (Å²) in [6.45, 7) is 4.70. The maximum atomic E-state index is 13.0. The molecule has 2 heterocycles. The molecule has 20 heavy (non-hydrogen) atoms. The number of phenols is 1. The van der Waals surface area contributed by atoms with Crippen LogP contribution in [0.3, 0.4) is 0 Å².